The lowest BCUT2D eigenvalue weighted by atomic mass is 9.99. The molecule has 0 N–H and O–H groups in total. The molecule has 0 saturated heterocycles. The summed E-state index contributed by atoms with van der Waals surface area (Å²) in [5.41, 5.74) is 1.51. The number of rotatable bonds is 5. The molecule has 0 fully saturated rings. The van der Waals surface area contributed by atoms with Crippen molar-refractivity contribution in [1.82, 2.24) is 0 Å². The maximum Gasteiger partial charge on any atom is 0.165 e. The van der Waals surface area contributed by atoms with Crippen molar-refractivity contribution in [2.75, 3.05) is 6.61 Å². The molecule has 0 aliphatic carbocycles. The van der Waals surface area contributed by atoms with E-state index in [0.29, 0.717) is 13.0 Å². The second-order valence-electron chi connectivity index (χ2n) is 3.66. The molecule has 2 nitrogen and oxygen atoms in total. The van der Waals surface area contributed by atoms with Gasteiger partial charge in [-0.2, -0.15) is 0 Å². The normalized spacial score (nSPS) is 12.5. The van der Waals surface area contributed by atoms with Gasteiger partial charge in [-0.25, -0.2) is 4.39 Å². The summed E-state index contributed by atoms with van der Waals surface area (Å²) < 4.78 is 18.4. The van der Waals surface area contributed by atoms with Gasteiger partial charge in [0.15, 0.2) is 5.78 Å². The molecule has 0 aromatic heterocycles. The summed E-state index contributed by atoms with van der Waals surface area (Å²) in [5, 5.41) is 0. The molecule has 0 bridgehead atoms. The third kappa shape index (κ3) is 2.89. The second kappa shape index (κ2) is 5.75. The molecule has 0 aliphatic rings. The Morgan fingerprint density at radius 1 is 1.44 bits per heavy atom. The van der Waals surface area contributed by atoms with Crippen LogP contribution in [0.15, 0.2) is 18.2 Å². The molecule has 16 heavy (non-hydrogen) atoms. The molecule has 1 aromatic rings. The summed E-state index contributed by atoms with van der Waals surface area (Å²) >= 11 is 0. The maximum atomic E-state index is 13.0. The van der Waals surface area contributed by atoms with Gasteiger partial charge in [0, 0.05) is 13.0 Å². The van der Waals surface area contributed by atoms with Crippen molar-refractivity contribution >= 4 is 5.78 Å². The molecule has 1 rings (SSSR count). The summed E-state index contributed by atoms with van der Waals surface area (Å²) in [6.07, 6.45) is -0.141. The first-order chi connectivity index (χ1) is 7.60. The van der Waals surface area contributed by atoms with E-state index < -0.39 is 6.10 Å². The second-order valence-corrected chi connectivity index (χ2v) is 3.66. The topological polar surface area (TPSA) is 26.3 Å². The Morgan fingerprint density at radius 3 is 2.62 bits per heavy atom. The van der Waals surface area contributed by atoms with Crippen LogP contribution in [0.2, 0.25) is 0 Å². The Hall–Kier alpha value is -1.22. The summed E-state index contributed by atoms with van der Waals surface area (Å²) in [6.45, 7) is 5.89. The smallest absolute Gasteiger partial charge is 0.165 e. The third-order valence-corrected chi connectivity index (χ3v) is 2.49. The van der Waals surface area contributed by atoms with Crippen molar-refractivity contribution in [2.45, 2.75) is 33.3 Å². The van der Waals surface area contributed by atoms with Crippen LogP contribution >= 0.6 is 0 Å². The molecule has 88 valence electrons. The highest BCUT2D eigenvalue weighted by Gasteiger charge is 2.20. The van der Waals surface area contributed by atoms with Crippen molar-refractivity contribution < 1.29 is 13.9 Å². The Bertz CT molecular complexity index is 374. The van der Waals surface area contributed by atoms with E-state index in [1.54, 1.807) is 19.9 Å². The first-order valence-electron chi connectivity index (χ1n) is 5.50. The first kappa shape index (κ1) is 12.8. The lowest BCUT2D eigenvalue weighted by Crippen LogP contribution is -2.16. The van der Waals surface area contributed by atoms with Crippen LogP contribution in [-0.2, 0) is 9.53 Å². The van der Waals surface area contributed by atoms with Gasteiger partial charge >= 0.3 is 0 Å². The minimum Gasteiger partial charge on any atom is -0.366 e. The molecule has 0 saturated carbocycles. The number of hydrogen-bond acceptors (Lipinski definition) is 2. The number of hydrogen-bond donors (Lipinski definition) is 0. The van der Waals surface area contributed by atoms with E-state index in [1.807, 2.05) is 6.92 Å². The minimum absolute atomic E-state index is 0.0246. The fourth-order valence-electron chi connectivity index (χ4n) is 1.64. The van der Waals surface area contributed by atoms with Crippen LogP contribution in [0.1, 0.15) is 37.5 Å². The lowest BCUT2D eigenvalue weighted by Gasteiger charge is -2.17. The number of ether oxygens (including phenoxy) is 1. The largest absolute Gasteiger partial charge is 0.366 e. The number of ketones is 1. The van der Waals surface area contributed by atoms with Crippen molar-refractivity contribution in [3.05, 3.63) is 35.1 Å². The van der Waals surface area contributed by atoms with Crippen molar-refractivity contribution in [1.29, 1.82) is 0 Å². The van der Waals surface area contributed by atoms with E-state index >= 15 is 0 Å². The first-order valence-corrected chi connectivity index (χ1v) is 5.50. The van der Waals surface area contributed by atoms with Gasteiger partial charge in [-0.15, -0.1) is 0 Å². The van der Waals surface area contributed by atoms with Gasteiger partial charge in [-0.1, -0.05) is 13.0 Å². The van der Waals surface area contributed by atoms with Gasteiger partial charge in [0.1, 0.15) is 11.9 Å². The SMILES string of the molecule is CCOC(C(=O)CC)c1ccc(F)cc1C. The highest BCUT2D eigenvalue weighted by Crippen LogP contribution is 2.24. The average molecular weight is 224 g/mol. The summed E-state index contributed by atoms with van der Waals surface area (Å²) in [4.78, 5) is 11.7. The Balaban J connectivity index is 3.05. The lowest BCUT2D eigenvalue weighted by molar-refractivity contribution is -0.130. The van der Waals surface area contributed by atoms with Crippen LogP contribution in [0.4, 0.5) is 4.39 Å². The third-order valence-electron chi connectivity index (χ3n) is 2.49. The summed E-state index contributed by atoms with van der Waals surface area (Å²) in [6, 6.07) is 4.40. The summed E-state index contributed by atoms with van der Waals surface area (Å²) in [7, 11) is 0. The molecule has 1 aromatic carbocycles. The molecule has 0 radical (unpaired) electrons. The maximum absolute atomic E-state index is 13.0. The van der Waals surface area contributed by atoms with E-state index in [-0.39, 0.29) is 11.6 Å². The molecule has 1 atom stereocenters. The van der Waals surface area contributed by atoms with Gasteiger partial charge in [-0.3, -0.25) is 4.79 Å². The average Bonchev–Trinajstić information content (AvgIpc) is 2.26. The van der Waals surface area contributed by atoms with Crippen LogP contribution in [0.3, 0.4) is 0 Å². The fraction of sp³-hybridized carbons (Fsp3) is 0.462. The number of carbonyl (C=O) groups excluding carboxylic acids is 1. The fourth-order valence-corrected chi connectivity index (χ4v) is 1.64. The Kier molecular flexibility index (Phi) is 4.62. The van der Waals surface area contributed by atoms with E-state index in [2.05, 4.69) is 0 Å². The molecular formula is C13H17FO2. The minimum atomic E-state index is -0.560. The van der Waals surface area contributed by atoms with Gasteiger partial charge in [0.05, 0.1) is 0 Å². The molecule has 0 spiro atoms. The van der Waals surface area contributed by atoms with Crippen LogP contribution in [0.5, 0.6) is 0 Å². The highest BCUT2D eigenvalue weighted by atomic mass is 19.1. The van der Waals surface area contributed by atoms with Crippen molar-refractivity contribution in [3.8, 4) is 0 Å². The predicted molar refractivity (Wildman–Crippen MR) is 60.8 cm³/mol. The number of benzene rings is 1. The number of aryl methyl sites for hydroxylation is 1. The van der Waals surface area contributed by atoms with Crippen LogP contribution in [0.25, 0.3) is 0 Å². The van der Waals surface area contributed by atoms with E-state index in [0.717, 1.165) is 11.1 Å². The molecular weight excluding hydrogens is 207 g/mol. The van der Waals surface area contributed by atoms with E-state index in [9.17, 15) is 9.18 Å². The predicted octanol–water partition coefficient (Wildman–Crippen LogP) is 3.19. The van der Waals surface area contributed by atoms with Crippen molar-refractivity contribution in [3.63, 3.8) is 0 Å². The zero-order valence-electron chi connectivity index (χ0n) is 9.92. The Labute approximate surface area is 95.4 Å². The van der Waals surface area contributed by atoms with Crippen LogP contribution in [-0.4, -0.2) is 12.4 Å². The van der Waals surface area contributed by atoms with Gasteiger partial charge < -0.3 is 4.74 Å². The standard InChI is InChI=1S/C13H17FO2/c1-4-12(15)13(16-5-2)11-7-6-10(14)8-9(11)3/h6-8,13H,4-5H2,1-3H3. The molecule has 3 heteroatoms. The number of Topliss-reactive ketones (excluding diaryl/α,β-unsaturated/α-hetero) is 1. The molecule has 0 heterocycles. The van der Waals surface area contributed by atoms with Gasteiger partial charge in [0.25, 0.3) is 0 Å². The van der Waals surface area contributed by atoms with Crippen LogP contribution < -0.4 is 0 Å². The van der Waals surface area contributed by atoms with Gasteiger partial charge in [0.2, 0.25) is 0 Å². The zero-order chi connectivity index (χ0) is 12.1. The van der Waals surface area contributed by atoms with Crippen molar-refractivity contribution in [2.24, 2.45) is 0 Å². The summed E-state index contributed by atoms with van der Waals surface area (Å²) in [5.74, 6) is -0.267. The van der Waals surface area contributed by atoms with E-state index in [1.165, 1.54) is 12.1 Å². The molecule has 0 amide bonds. The van der Waals surface area contributed by atoms with Crippen LogP contribution in [0, 0.1) is 12.7 Å². The highest BCUT2D eigenvalue weighted by molar-refractivity contribution is 5.84. The number of halogens is 1. The molecule has 1 unspecified atom stereocenters. The zero-order valence-corrected chi connectivity index (χ0v) is 9.92. The molecule has 0 aliphatic heterocycles. The quantitative estimate of drug-likeness (QED) is 0.767. The Morgan fingerprint density at radius 2 is 2.12 bits per heavy atom. The number of carbonyl (C=O) groups is 1. The van der Waals surface area contributed by atoms with E-state index in [4.69, 9.17) is 4.74 Å². The van der Waals surface area contributed by atoms with Gasteiger partial charge in [-0.05, 0) is 37.1 Å². The monoisotopic (exact) mass is 224 g/mol.